The van der Waals surface area contributed by atoms with Gasteiger partial charge in [0.15, 0.2) is 0 Å². The second-order valence-corrected chi connectivity index (χ2v) is 9.78. The third-order valence-corrected chi connectivity index (χ3v) is 6.90. The molecule has 4 rings (SSSR count). The number of rotatable bonds is 6. The van der Waals surface area contributed by atoms with Crippen molar-refractivity contribution in [1.82, 2.24) is 9.62 Å². The molecule has 2 aromatic rings. The molecule has 1 amide bonds. The summed E-state index contributed by atoms with van der Waals surface area (Å²) in [4.78, 5) is 14.6. The van der Waals surface area contributed by atoms with Gasteiger partial charge in [0.25, 0.3) is 0 Å². The molecule has 1 saturated heterocycles. The maximum Gasteiger partial charge on any atom is 0.241 e. The lowest BCUT2D eigenvalue weighted by Crippen LogP contribution is -2.50. The lowest BCUT2D eigenvalue weighted by Gasteiger charge is -2.33. The van der Waals surface area contributed by atoms with Gasteiger partial charge in [-0.1, -0.05) is 30.3 Å². The van der Waals surface area contributed by atoms with Crippen LogP contribution >= 0.6 is 0 Å². The normalized spacial score (nSPS) is 23.6. The molecule has 0 unspecified atom stereocenters. The van der Waals surface area contributed by atoms with Crippen molar-refractivity contribution >= 4 is 15.9 Å². The summed E-state index contributed by atoms with van der Waals surface area (Å²) in [5.74, 6) is -1.92. The molecule has 2 fully saturated rings. The fourth-order valence-corrected chi connectivity index (χ4v) is 5.17. The Bertz CT molecular complexity index is 1070. The minimum atomic E-state index is -4.00. The largest absolute Gasteiger partial charge is 0.341 e. The highest BCUT2D eigenvalue weighted by atomic mass is 32.2. The van der Waals surface area contributed by atoms with E-state index >= 15 is 0 Å². The van der Waals surface area contributed by atoms with Gasteiger partial charge in [0, 0.05) is 25.0 Å². The maximum absolute atomic E-state index is 14.4. The van der Waals surface area contributed by atoms with Crippen LogP contribution in [0.15, 0.2) is 42.5 Å². The van der Waals surface area contributed by atoms with Crippen molar-refractivity contribution in [3.8, 4) is 11.1 Å². The average Bonchev–Trinajstić information content (AvgIpc) is 3.54. The highest BCUT2D eigenvalue weighted by Gasteiger charge is 2.47. The number of nitrogens with zero attached hydrogens (tertiary/aromatic N) is 1. The lowest BCUT2D eigenvalue weighted by molar-refractivity contribution is -0.133. The summed E-state index contributed by atoms with van der Waals surface area (Å²) in [6.07, 6.45) is 1.70. The van der Waals surface area contributed by atoms with Crippen LogP contribution in [0.3, 0.4) is 0 Å². The van der Waals surface area contributed by atoms with E-state index in [1.165, 1.54) is 18.2 Å². The zero-order valence-electron chi connectivity index (χ0n) is 16.7. The highest BCUT2D eigenvalue weighted by molar-refractivity contribution is 7.89. The summed E-state index contributed by atoms with van der Waals surface area (Å²) in [5.41, 5.74) is 1.05. The first-order valence-corrected chi connectivity index (χ1v) is 11.8. The molecular weight excluding hydrogens is 429 g/mol. The van der Waals surface area contributed by atoms with Gasteiger partial charge >= 0.3 is 0 Å². The van der Waals surface area contributed by atoms with Crippen molar-refractivity contribution in [2.75, 3.05) is 19.1 Å². The third-order valence-electron chi connectivity index (χ3n) is 5.92. The molecule has 0 bridgehead atoms. The Morgan fingerprint density at radius 3 is 2.52 bits per heavy atom. The second kappa shape index (κ2) is 8.63. The molecule has 1 heterocycles. The molecule has 1 aliphatic heterocycles. The predicted octanol–water partition coefficient (Wildman–Crippen LogP) is 3.57. The Kier molecular flexibility index (Phi) is 6.07. The summed E-state index contributed by atoms with van der Waals surface area (Å²) in [6.45, 7) is 0.685. The number of sulfonamides is 1. The molecule has 0 spiro atoms. The van der Waals surface area contributed by atoms with E-state index < -0.39 is 33.7 Å². The first-order chi connectivity index (χ1) is 14.8. The van der Waals surface area contributed by atoms with Gasteiger partial charge in [-0.25, -0.2) is 26.3 Å². The standard InChI is InChI=1S/C22H23F3N2O3S/c23-13-31(29,30)26-14-5-4-10-27(12-14)22(28)18-11-17(18)15-6-1-2-7-16(15)21-19(24)8-3-9-20(21)25/h1-3,6-9,14,17-18,26H,4-5,10-13H2/t14-,17+,18-/m0/s1. The summed E-state index contributed by atoms with van der Waals surface area (Å²) in [7, 11) is -4.00. The van der Waals surface area contributed by atoms with Crippen LogP contribution in [0.5, 0.6) is 0 Å². The summed E-state index contributed by atoms with van der Waals surface area (Å²) < 4.78 is 66.6. The maximum atomic E-state index is 14.4. The minimum absolute atomic E-state index is 0.102. The van der Waals surface area contributed by atoms with Gasteiger partial charge < -0.3 is 4.90 Å². The lowest BCUT2D eigenvalue weighted by atomic mass is 9.95. The molecule has 1 aliphatic carbocycles. The van der Waals surface area contributed by atoms with Gasteiger partial charge in [-0.3, -0.25) is 4.79 Å². The molecule has 5 nitrogen and oxygen atoms in total. The molecule has 2 aromatic carbocycles. The van der Waals surface area contributed by atoms with Crippen molar-refractivity contribution in [3.63, 3.8) is 0 Å². The summed E-state index contributed by atoms with van der Waals surface area (Å²) >= 11 is 0. The number of piperidine rings is 1. The van der Waals surface area contributed by atoms with Gasteiger partial charge in [0.2, 0.25) is 21.9 Å². The van der Waals surface area contributed by atoms with E-state index in [1.807, 2.05) is 0 Å². The summed E-state index contributed by atoms with van der Waals surface area (Å²) in [5, 5.41) is 0. The molecule has 9 heteroatoms. The Morgan fingerprint density at radius 1 is 1.10 bits per heavy atom. The van der Waals surface area contributed by atoms with Crippen molar-refractivity contribution in [2.24, 2.45) is 5.92 Å². The van der Waals surface area contributed by atoms with E-state index in [-0.39, 0.29) is 29.9 Å². The second-order valence-electron chi connectivity index (χ2n) is 8.10. The summed E-state index contributed by atoms with van der Waals surface area (Å²) in [6, 6.07) is 8.63. The van der Waals surface area contributed by atoms with Crippen molar-refractivity contribution in [1.29, 1.82) is 0 Å². The molecule has 2 aliphatic rings. The van der Waals surface area contributed by atoms with Gasteiger partial charge in [-0.15, -0.1) is 0 Å². The number of carbonyl (C=O) groups is 1. The van der Waals surface area contributed by atoms with Crippen LogP contribution in [0.25, 0.3) is 11.1 Å². The number of hydrogen-bond donors (Lipinski definition) is 1. The van der Waals surface area contributed by atoms with Crippen LogP contribution in [0.4, 0.5) is 13.2 Å². The molecule has 0 aromatic heterocycles. The number of likely N-dealkylation sites (tertiary alicyclic amines) is 1. The zero-order chi connectivity index (χ0) is 22.2. The Labute approximate surface area is 179 Å². The molecular formula is C22H23F3N2O3S. The highest BCUT2D eigenvalue weighted by Crippen LogP contribution is 2.51. The van der Waals surface area contributed by atoms with Crippen molar-refractivity contribution < 1.29 is 26.4 Å². The Morgan fingerprint density at radius 2 is 1.81 bits per heavy atom. The van der Waals surface area contributed by atoms with Gasteiger partial charge in [-0.05, 0) is 48.4 Å². The molecule has 0 radical (unpaired) electrons. The minimum Gasteiger partial charge on any atom is -0.341 e. The smallest absolute Gasteiger partial charge is 0.241 e. The molecule has 3 atom stereocenters. The van der Waals surface area contributed by atoms with Crippen LogP contribution in [0.2, 0.25) is 0 Å². The van der Waals surface area contributed by atoms with E-state index in [4.69, 9.17) is 0 Å². The van der Waals surface area contributed by atoms with Crippen LogP contribution < -0.4 is 4.72 Å². The predicted molar refractivity (Wildman–Crippen MR) is 110 cm³/mol. The van der Waals surface area contributed by atoms with Gasteiger partial charge in [-0.2, -0.15) is 0 Å². The van der Waals surface area contributed by atoms with Crippen LogP contribution in [-0.4, -0.2) is 44.4 Å². The number of halogens is 3. The van der Waals surface area contributed by atoms with Gasteiger partial charge in [0.05, 0.1) is 5.56 Å². The van der Waals surface area contributed by atoms with E-state index in [2.05, 4.69) is 4.72 Å². The van der Waals surface area contributed by atoms with Crippen LogP contribution in [0, 0.1) is 17.6 Å². The number of benzene rings is 2. The number of carbonyl (C=O) groups excluding carboxylic acids is 1. The SMILES string of the molecule is O=C([C@H]1C[C@@H]1c1ccccc1-c1c(F)cccc1F)N1CCC[C@H](NS(=O)(=O)CF)C1. The zero-order valence-corrected chi connectivity index (χ0v) is 17.5. The average molecular weight is 452 g/mol. The van der Waals surface area contributed by atoms with Crippen LogP contribution in [-0.2, 0) is 14.8 Å². The van der Waals surface area contributed by atoms with E-state index in [1.54, 1.807) is 29.2 Å². The molecule has 1 saturated carbocycles. The number of amides is 1. The monoisotopic (exact) mass is 452 g/mol. The Hall–Kier alpha value is -2.39. The van der Waals surface area contributed by atoms with Gasteiger partial charge in [0.1, 0.15) is 11.6 Å². The first-order valence-electron chi connectivity index (χ1n) is 10.2. The Balaban J connectivity index is 1.50. The van der Waals surface area contributed by atoms with Crippen LogP contribution in [0.1, 0.15) is 30.7 Å². The number of hydrogen-bond acceptors (Lipinski definition) is 3. The van der Waals surface area contributed by atoms with Crippen molar-refractivity contribution in [3.05, 3.63) is 59.7 Å². The molecule has 1 N–H and O–H groups in total. The third kappa shape index (κ3) is 4.62. The topological polar surface area (TPSA) is 66.5 Å². The fraction of sp³-hybridized carbons (Fsp3) is 0.409. The number of nitrogens with one attached hydrogen (secondary N) is 1. The van der Waals surface area contributed by atoms with E-state index in [9.17, 15) is 26.4 Å². The quantitative estimate of drug-likeness (QED) is 0.729. The van der Waals surface area contributed by atoms with Crippen molar-refractivity contribution in [2.45, 2.75) is 31.2 Å². The fourth-order valence-electron chi connectivity index (χ4n) is 4.41. The first kappa shape index (κ1) is 21.8. The van der Waals surface area contributed by atoms with E-state index in [0.29, 0.717) is 31.4 Å². The number of alkyl halides is 1. The molecule has 31 heavy (non-hydrogen) atoms. The molecule has 166 valence electrons. The van der Waals surface area contributed by atoms with E-state index in [0.717, 1.165) is 5.56 Å².